The molecule has 0 saturated carbocycles. The fourth-order valence-corrected chi connectivity index (χ4v) is 3.40. The molecule has 4 heteroatoms. The van der Waals surface area contributed by atoms with E-state index in [0.29, 0.717) is 11.3 Å². The minimum atomic E-state index is -0.341. The van der Waals surface area contributed by atoms with Crippen molar-refractivity contribution in [2.24, 2.45) is 5.41 Å². The highest BCUT2D eigenvalue weighted by Gasteiger charge is 2.36. The third-order valence-corrected chi connectivity index (χ3v) is 5.16. The van der Waals surface area contributed by atoms with E-state index in [-0.39, 0.29) is 11.4 Å². The van der Waals surface area contributed by atoms with E-state index in [1.54, 1.807) is 0 Å². The molecule has 0 heterocycles. The molecule has 3 rings (SSSR count). The molecule has 1 aliphatic carbocycles. The van der Waals surface area contributed by atoms with Gasteiger partial charge in [-0.15, -0.1) is 0 Å². The third kappa shape index (κ3) is 3.34. The number of carbonyl (C=O) groups is 1. The van der Waals surface area contributed by atoms with Crippen LogP contribution in [0.1, 0.15) is 37.0 Å². The Morgan fingerprint density at radius 3 is 2.50 bits per heavy atom. The van der Waals surface area contributed by atoms with Crippen LogP contribution in [0.25, 0.3) is 5.70 Å². The van der Waals surface area contributed by atoms with Crippen molar-refractivity contribution < 1.29 is 4.79 Å². The van der Waals surface area contributed by atoms with Crippen LogP contribution in [-0.4, -0.2) is 6.03 Å². The van der Waals surface area contributed by atoms with Gasteiger partial charge in [0, 0.05) is 16.7 Å². The molecule has 2 aromatic rings. The quantitative estimate of drug-likeness (QED) is 0.820. The number of urea groups is 1. The molecule has 1 atom stereocenters. The molecule has 0 aliphatic heterocycles. The fraction of sp³-hybridized carbons (Fsp3) is 0.273. The minimum Gasteiger partial charge on any atom is -0.308 e. The van der Waals surface area contributed by atoms with Crippen LogP contribution in [-0.2, 0) is 6.42 Å². The van der Waals surface area contributed by atoms with Crippen molar-refractivity contribution in [2.75, 3.05) is 5.32 Å². The second-order valence-electron chi connectivity index (χ2n) is 7.06. The van der Waals surface area contributed by atoms with Crippen molar-refractivity contribution in [3.63, 3.8) is 0 Å². The number of rotatable bonds is 3. The minimum absolute atomic E-state index is 0.282. The number of hydrogen-bond acceptors (Lipinski definition) is 2. The summed E-state index contributed by atoms with van der Waals surface area (Å²) in [6, 6.07) is 17.6. The van der Waals surface area contributed by atoms with E-state index in [4.69, 9.17) is 0 Å². The molecule has 1 aliphatic rings. The molecule has 2 aromatic carbocycles. The lowest BCUT2D eigenvalue weighted by molar-refractivity contribution is 0.255. The molecule has 2 amide bonds. The van der Waals surface area contributed by atoms with Gasteiger partial charge < -0.3 is 10.6 Å². The zero-order valence-electron chi connectivity index (χ0n) is 15.4. The predicted molar refractivity (Wildman–Crippen MR) is 104 cm³/mol. The second-order valence-corrected chi connectivity index (χ2v) is 7.06. The summed E-state index contributed by atoms with van der Waals surface area (Å²) in [4.78, 5) is 12.6. The summed E-state index contributed by atoms with van der Waals surface area (Å²) < 4.78 is 0. The largest absolute Gasteiger partial charge is 0.323 e. The molecule has 0 spiro atoms. The Kier molecular flexibility index (Phi) is 4.81. The monoisotopic (exact) mass is 345 g/mol. The van der Waals surface area contributed by atoms with Gasteiger partial charge in [0.1, 0.15) is 0 Å². The summed E-state index contributed by atoms with van der Waals surface area (Å²) in [6.45, 7) is 6.16. The van der Waals surface area contributed by atoms with Crippen molar-refractivity contribution in [1.82, 2.24) is 5.32 Å². The van der Waals surface area contributed by atoms with Gasteiger partial charge in [0.15, 0.2) is 0 Å². The number of fused-ring (bicyclic) bond motifs is 1. The number of hydrogen-bond donors (Lipinski definition) is 2. The van der Waals surface area contributed by atoms with Crippen LogP contribution < -0.4 is 10.6 Å². The Labute approximate surface area is 154 Å². The number of nitrogens with zero attached hydrogens (tertiary/aromatic N) is 1. The lowest BCUT2D eigenvalue weighted by Crippen LogP contribution is -2.35. The molecule has 0 fully saturated rings. The van der Waals surface area contributed by atoms with E-state index in [0.717, 1.165) is 35.2 Å². The SMILES string of the molecule is CC[C@]1(C)Cc2ccccc2C(NC(=O)Nc2ccc(C)cc2)=C1C#N. The van der Waals surface area contributed by atoms with Gasteiger partial charge >= 0.3 is 6.03 Å². The Bertz CT molecular complexity index is 906. The first-order valence-electron chi connectivity index (χ1n) is 8.84. The molecule has 2 N–H and O–H groups in total. The van der Waals surface area contributed by atoms with Crippen molar-refractivity contribution in [3.05, 3.63) is 70.8 Å². The maximum absolute atomic E-state index is 12.6. The van der Waals surface area contributed by atoms with Gasteiger partial charge in [-0.1, -0.05) is 55.8 Å². The summed E-state index contributed by atoms with van der Waals surface area (Å²) in [5.74, 6) is 0. The van der Waals surface area contributed by atoms with Crippen LogP contribution in [0.3, 0.4) is 0 Å². The summed E-state index contributed by atoms with van der Waals surface area (Å²) in [7, 11) is 0. The van der Waals surface area contributed by atoms with Gasteiger partial charge in [0.05, 0.1) is 17.3 Å². The smallest absolute Gasteiger partial charge is 0.308 e. The lowest BCUT2D eigenvalue weighted by atomic mass is 9.69. The van der Waals surface area contributed by atoms with Gasteiger partial charge in [-0.25, -0.2) is 4.79 Å². The Morgan fingerprint density at radius 1 is 1.15 bits per heavy atom. The van der Waals surface area contributed by atoms with Crippen LogP contribution in [0.2, 0.25) is 0 Å². The molecule has 4 nitrogen and oxygen atoms in total. The van der Waals surface area contributed by atoms with Gasteiger partial charge in [-0.3, -0.25) is 0 Å². The highest BCUT2D eigenvalue weighted by molar-refractivity contribution is 5.97. The zero-order valence-corrected chi connectivity index (χ0v) is 15.4. The number of anilines is 1. The zero-order chi connectivity index (χ0) is 18.7. The molecule has 0 unspecified atom stereocenters. The molecular weight excluding hydrogens is 322 g/mol. The molecule has 0 saturated heterocycles. The maximum Gasteiger partial charge on any atom is 0.323 e. The van der Waals surface area contributed by atoms with Gasteiger partial charge in [-0.05, 0) is 37.5 Å². The first-order chi connectivity index (χ1) is 12.5. The van der Waals surface area contributed by atoms with Crippen LogP contribution in [0.4, 0.5) is 10.5 Å². The van der Waals surface area contributed by atoms with Crippen molar-refractivity contribution >= 4 is 17.4 Å². The highest BCUT2D eigenvalue weighted by atomic mass is 16.2. The van der Waals surface area contributed by atoms with E-state index < -0.39 is 0 Å². The normalized spacial score (nSPS) is 18.7. The standard InChI is InChI=1S/C22H23N3O/c1-4-22(3)13-16-7-5-6-8-18(16)20(19(22)14-23)25-21(26)24-17-11-9-15(2)10-12-17/h5-12H,4,13H2,1-3H3,(H2,24,25,26)/t22-/m1/s1. The topological polar surface area (TPSA) is 64.9 Å². The van der Waals surface area contributed by atoms with Crippen LogP contribution in [0.5, 0.6) is 0 Å². The van der Waals surface area contributed by atoms with E-state index in [1.165, 1.54) is 0 Å². The van der Waals surface area contributed by atoms with E-state index in [2.05, 4.69) is 36.6 Å². The number of benzene rings is 2. The van der Waals surface area contributed by atoms with E-state index in [9.17, 15) is 10.1 Å². The third-order valence-electron chi connectivity index (χ3n) is 5.16. The van der Waals surface area contributed by atoms with Crippen LogP contribution in [0, 0.1) is 23.7 Å². The molecule has 132 valence electrons. The van der Waals surface area contributed by atoms with Crippen molar-refractivity contribution in [3.8, 4) is 6.07 Å². The van der Waals surface area contributed by atoms with Gasteiger partial charge in [-0.2, -0.15) is 5.26 Å². The first-order valence-corrected chi connectivity index (χ1v) is 8.84. The second kappa shape index (κ2) is 7.05. The number of nitriles is 1. The average molecular weight is 345 g/mol. The number of nitrogens with one attached hydrogen (secondary N) is 2. The molecule has 26 heavy (non-hydrogen) atoms. The summed E-state index contributed by atoms with van der Waals surface area (Å²) in [5.41, 5.74) is 4.90. The molecule has 0 radical (unpaired) electrons. The van der Waals surface area contributed by atoms with E-state index in [1.807, 2.05) is 49.4 Å². The summed E-state index contributed by atoms with van der Waals surface area (Å²) >= 11 is 0. The Hall–Kier alpha value is -3.06. The molecule has 0 bridgehead atoms. The van der Waals surface area contributed by atoms with Crippen LogP contribution in [0.15, 0.2) is 54.1 Å². The number of carbonyl (C=O) groups excluding carboxylic acids is 1. The lowest BCUT2D eigenvalue weighted by Gasteiger charge is -2.35. The Balaban J connectivity index is 1.95. The van der Waals surface area contributed by atoms with Crippen LogP contribution >= 0.6 is 0 Å². The highest BCUT2D eigenvalue weighted by Crippen LogP contribution is 2.43. The van der Waals surface area contributed by atoms with Crippen molar-refractivity contribution in [1.29, 1.82) is 5.26 Å². The predicted octanol–water partition coefficient (Wildman–Crippen LogP) is 5.02. The average Bonchev–Trinajstić information content (AvgIpc) is 2.63. The summed E-state index contributed by atoms with van der Waals surface area (Å²) in [6.07, 6.45) is 1.63. The molecular formula is C22H23N3O. The fourth-order valence-electron chi connectivity index (χ4n) is 3.40. The van der Waals surface area contributed by atoms with Gasteiger partial charge in [0.2, 0.25) is 0 Å². The van der Waals surface area contributed by atoms with Gasteiger partial charge in [0.25, 0.3) is 0 Å². The number of allylic oxidation sites excluding steroid dienone is 1. The number of amides is 2. The number of aryl methyl sites for hydroxylation is 1. The Morgan fingerprint density at radius 2 is 1.85 bits per heavy atom. The van der Waals surface area contributed by atoms with Crippen molar-refractivity contribution in [2.45, 2.75) is 33.6 Å². The van der Waals surface area contributed by atoms with E-state index >= 15 is 0 Å². The first kappa shape index (κ1) is 17.8. The summed E-state index contributed by atoms with van der Waals surface area (Å²) in [5, 5.41) is 15.6. The molecule has 0 aromatic heterocycles. The maximum atomic E-state index is 12.6.